The molecule has 1 N–H and O–H groups in total. The number of hydrogen-bond acceptors (Lipinski definition) is 3. The van der Waals surface area contributed by atoms with Gasteiger partial charge in [-0.05, 0) is 36.8 Å². The number of carbonyl (C=O) groups excluding carboxylic acids is 1. The van der Waals surface area contributed by atoms with E-state index in [0.29, 0.717) is 5.75 Å². The van der Waals surface area contributed by atoms with E-state index in [2.05, 4.69) is 0 Å². The fourth-order valence-corrected chi connectivity index (χ4v) is 1.80. The summed E-state index contributed by atoms with van der Waals surface area (Å²) in [7, 11) is 1.68. The first kappa shape index (κ1) is 13.9. The van der Waals surface area contributed by atoms with Crippen LogP contribution in [0, 0.1) is 0 Å². The third kappa shape index (κ3) is 3.29. The maximum atomic E-state index is 12.0. The van der Waals surface area contributed by atoms with Crippen LogP contribution >= 0.6 is 0 Å². The molecule has 1 atom stereocenters. The highest BCUT2D eigenvalue weighted by Gasteiger charge is 2.19. The van der Waals surface area contributed by atoms with Crippen LogP contribution < -0.4 is 4.74 Å². The molecule has 2 aromatic rings. The van der Waals surface area contributed by atoms with Crippen LogP contribution in [0.3, 0.4) is 0 Å². The van der Waals surface area contributed by atoms with E-state index in [4.69, 9.17) is 4.74 Å². The van der Waals surface area contributed by atoms with Crippen molar-refractivity contribution in [2.75, 3.05) is 7.05 Å². The number of phenols is 1. The molecule has 4 nitrogen and oxygen atoms in total. The number of carbonyl (C=O) groups is 1. The number of hydrogen-bond donors (Lipinski definition) is 1. The van der Waals surface area contributed by atoms with Crippen molar-refractivity contribution in [2.45, 2.75) is 13.0 Å². The van der Waals surface area contributed by atoms with Crippen LogP contribution in [0.4, 0.5) is 4.79 Å². The average Bonchev–Trinajstić information content (AvgIpc) is 2.47. The first-order chi connectivity index (χ1) is 9.58. The highest BCUT2D eigenvalue weighted by molar-refractivity contribution is 5.70. The highest BCUT2D eigenvalue weighted by Crippen LogP contribution is 2.22. The van der Waals surface area contributed by atoms with Gasteiger partial charge in [-0.25, -0.2) is 4.79 Å². The van der Waals surface area contributed by atoms with Crippen molar-refractivity contribution in [3.63, 3.8) is 0 Å². The van der Waals surface area contributed by atoms with Crippen LogP contribution in [0.1, 0.15) is 18.5 Å². The van der Waals surface area contributed by atoms with E-state index in [0.717, 1.165) is 5.56 Å². The fourth-order valence-electron chi connectivity index (χ4n) is 1.80. The molecule has 0 bridgehead atoms. The van der Waals surface area contributed by atoms with Gasteiger partial charge in [0.2, 0.25) is 0 Å². The van der Waals surface area contributed by atoms with Crippen molar-refractivity contribution in [1.82, 2.24) is 4.90 Å². The standard InChI is InChI=1S/C16H17NO3/c1-12(13-8-10-14(18)11-9-13)17(2)16(19)20-15-6-4-3-5-7-15/h3-12,18H,1-2H3. The molecule has 0 aromatic heterocycles. The van der Waals surface area contributed by atoms with Crippen molar-refractivity contribution in [3.05, 3.63) is 60.2 Å². The number of phenolic OH excluding ortho intramolecular Hbond substituents is 1. The predicted molar refractivity (Wildman–Crippen MR) is 76.8 cm³/mol. The maximum Gasteiger partial charge on any atom is 0.415 e. The summed E-state index contributed by atoms with van der Waals surface area (Å²) >= 11 is 0. The van der Waals surface area contributed by atoms with Gasteiger partial charge in [-0.2, -0.15) is 0 Å². The van der Waals surface area contributed by atoms with Crippen molar-refractivity contribution >= 4 is 6.09 Å². The SMILES string of the molecule is CC(c1ccc(O)cc1)N(C)C(=O)Oc1ccccc1. The summed E-state index contributed by atoms with van der Waals surface area (Å²) in [5.74, 6) is 0.720. The molecule has 2 aromatic carbocycles. The van der Waals surface area contributed by atoms with Gasteiger partial charge >= 0.3 is 6.09 Å². The average molecular weight is 271 g/mol. The number of amides is 1. The fraction of sp³-hybridized carbons (Fsp3) is 0.188. The van der Waals surface area contributed by atoms with Gasteiger partial charge in [-0.3, -0.25) is 0 Å². The summed E-state index contributed by atoms with van der Waals surface area (Å²) in [5, 5.41) is 9.28. The van der Waals surface area contributed by atoms with Crippen LogP contribution in [-0.4, -0.2) is 23.1 Å². The smallest absolute Gasteiger partial charge is 0.415 e. The summed E-state index contributed by atoms with van der Waals surface area (Å²) in [4.78, 5) is 13.6. The molecular weight excluding hydrogens is 254 g/mol. The zero-order valence-electron chi connectivity index (χ0n) is 11.5. The van der Waals surface area contributed by atoms with Crippen LogP contribution in [0.15, 0.2) is 54.6 Å². The number of ether oxygens (including phenoxy) is 1. The second-order valence-electron chi connectivity index (χ2n) is 4.56. The largest absolute Gasteiger partial charge is 0.508 e. The van der Waals surface area contributed by atoms with Crippen LogP contribution in [0.5, 0.6) is 11.5 Å². The molecular formula is C16H17NO3. The Balaban J connectivity index is 2.04. The zero-order valence-corrected chi connectivity index (χ0v) is 11.5. The Morgan fingerprint density at radius 1 is 1.10 bits per heavy atom. The van der Waals surface area contributed by atoms with Gasteiger partial charge < -0.3 is 14.7 Å². The normalized spacial score (nSPS) is 11.7. The lowest BCUT2D eigenvalue weighted by molar-refractivity contribution is 0.149. The molecule has 0 spiro atoms. The molecule has 0 heterocycles. The molecule has 0 saturated carbocycles. The molecule has 104 valence electrons. The third-order valence-corrected chi connectivity index (χ3v) is 3.19. The van der Waals surface area contributed by atoms with Crippen LogP contribution in [0.2, 0.25) is 0 Å². The topological polar surface area (TPSA) is 49.8 Å². The summed E-state index contributed by atoms with van der Waals surface area (Å²) in [6.07, 6.45) is -0.420. The molecule has 0 saturated heterocycles. The molecule has 2 rings (SSSR count). The number of para-hydroxylation sites is 1. The molecule has 0 radical (unpaired) electrons. The Hall–Kier alpha value is -2.49. The van der Waals surface area contributed by atoms with Crippen molar-refractivity contribution in [1.29, 1.82) is 0 Å². The lowest BCUT2D eigenvalue weighted by Gasteiger charge is -2.24. The minimum Gasteiger partial charge on any atom is -0.508 e. The van der Waals surface area contributed by atoms with E-state index in [-0.39, 0.29) is 11.8 Å². The van der Waals surface area contributed by atoms with Crippen molar-refractivity contribution < 1.29 is 14.6 Å². The van der Waals surface area contributed by atoms with Gasteiger partial charge in [0.1, 0.15) is 11.5 Å². The Labute approximate surface area is 118 Å². The molecule has 0 aliphatic heterocycles. The summed E-state index contributed by atoms with van der Waals surface area (Å²) < 4.78 is 5.28. The van der Waals surface area contributed by atoms with Gasteiger partial charge in [0.15, 0.2) is 0 Å². The second-order valence-corrected chi connectivity index (χ2v) is 4.56. The van der Waals surface area contributed by atoms with Gasteiger partial charge in [-0.15, -0.1) is 0 Å². The van der Waals surface area contributed by atoms with E-state index in [9.17, 15) is 9.90 Å². The monoisotopic (exact) mass is 271 g/mol. The third-order valence-electron chi connectivity index (χ3n) is 3.19. The van der Waals surface area contributed by atoms with Gasteiger partial charge in [0.25, 0.3) is 0 Å². The molecule has 0 fully saturated rings. The van der Waals surface area contributed by atoms with Crippen LogP contribution in [-0.2, 0) is 0 Å². The van der Waals surface area contributed by atoms with Gasteiger partial charge in [0, 0.05) is 7.05 Å². The van der Waals surface area contributed by atoms with E-state index in [1.165, 1.54) is 4.90 Å². The van der Waals surface area contributed by atoms with E-state index < -0.39 is 6.09 Å². The van der Waals surface area contributed by atoms with Crippen LogP contribution in [0.25, 0.3) is 0 Å². The number of rotatable bonds is 3. The van der Waals surface area contributed by atoms with Crippen molar-refractivity contribution in [2.24, 2.45) is 0 Å². The molecule has 4 heteroatoms. The summed E-state index contributed by atoms with van der Waals surface area (Å²) in [6, 6.07) is 15.6. The minimum atomic E-state index is -0.420. The van der Waals surface area contributed by atoms with E-state index in [1.54, 1.807) is 43.4 Å². The number of aromatic hydroxyl groups is 1. The Morgan fingerprint density at radius 2 is 1.70 bits per heavy atom. The first-order valence-corrected chi connectivity index (χ1v) is 6.36. The minimum absolute atomic E-state index is 0.146. The Bertz CT molecular complexity index is 566. The highest BCUT2D eigenvalue weighted by atomic mass is 16.6. The molecule has 0 aliphatic carbocycles. The molecule has 0 aliphatic rings. The first-order valence-electron chi connectivity index (χ1n) is 6.36. The molecule has 1 unspecified atom stereocenters. The van der Waals surface area contributed by atoms with Gasteiger partial charge in [0.05, 0.1) is 6.04 Å². The predicted octanol–water partition coefficient (Wildman–Crippen LogP) is 3.58. The maximum absolute atomic E-state index is 12.0. The quantitative estimate of drug-likeness (QED) is 0.928. The lowest BCUT2D eigenvalue weighted by atomic mass is 10.1. The van der Waals surface area contributed by atoms with Crippen molar-refractivity contribution in [3.8, 4) is 11.5 Å². The lowest BCUT2D eigenvalue weighted by Crippen LogP contribution is -2.32. The number of nitrogens with zero attached hydrogens (tertiary/aromatic N) is 1. The Kier molecular flexibility index (Phi) is 4.25. The Morgan fingerprint density at radius 3 is 2.30 bits per heavy atom. The summed E-state index contributed by atoms with van der Waals surface area (Å²) in [6.45, 7) is 1.90. The zero-order chi connectivity index (χ0) is 14.5. The van der Waals surface area contributed by atoms with E-state index >= 15 is 0 Å². The number of benzene rings is 2. The summed E-state index contributed by atoms with van der Waals surface area (Å²) in [5.41, 5.74) is 0.926. The molecule has 1 amide bonds. The molecule has 20 heavy (non-hydrogen) atoms. The van der Waals surface area contributed by atoms with E-state index in [1.807, 2.05) is 25.1 Å². The second kappa shape index (κ2) is 6.10. The van der Waals surface area contributed by atoms with Gasteiger partial charge in [-0.1, -0.05) is 30.3 Å².